The summed E-state index contributed by atoms with van der Waals surface area (Å²) in [7, 11) is 1.37. The van der Waals surface area contributed by atoms with E-state index in [-0.39, 0.29) is 11.8 Å². The van der Waals surface area contributed by atoms with Gasteiger partial charge >= 0.3 is 5.97 Å². The van der Waals surface area contributed by atoms with E-state index in [2.05, 4.69) is 10.3 Å². The molecule has 11 heteroatoms. The van der Waals surface area contributed by atoms with E-state index in [4.69, 9.17) is 36.0 Å². The predicted octanol–water partition coefficient (Wildman–Crippen LogP) is 10.1. The van der Waals surface area contributed by atoms with Crippen LogP contribution < -0.4 is 5.32 Å². The number of esters is 1. The van der Waals surface area contributed by atoms with Crippen LogP contribution in [0.1, 0.15) is 70.1 Å². The number of amides is 1. The highest BCUT2D eigenvalue weighted by Crippen LogP contribution is 2.44. The number of halogens is 1. The van der Waals surface area contributed by atoms with Crippen molar-refractivity contribution in [1.29, 1.82) is 0 Å². The van der Waals surface area contributed by atoms with Crippen LogP contribution >= 0.6 is 22.9 Å². The van der Waals surface area contributed by atoms with Gasteiger partial charge in [0.1, 0.15) is 16.5 Å². The van der Waals surface area contributed by atoms with Crippen LogP contribution in [0.3, 0.4) is 0 Å². The second-order valence-electron chi connectivity index (χ2n) is 14.2. The largest absolute Gasteiger partial charge is 0.467 e. The van der Waals surface area contributed by atoms with Gasteiger partial charge in [0.05, 0.1) is 28.4 Å². The lowest BCUT2D eigenvalue weighted by Gasteiger charge is -2.28. The van der Waals surface area contributed by atoms with Crippen molar-refractivity contribution < 1.29 is 19.1 Å². The number of hydrogen-bond acceptors (Lipinski definition) is 9. The molecular weight excluding hydrogens is 694 g/mol. The SMILES string of the molecule is COC(=O)C(OC(C)(C)C)c1c(C)cc2nc(-c3ccnc(-c4ccc5nc(NC(=O)C6CCCCC6)ccc5c4)n3)sc2c1-c1ccc(Cl)cc1. The third kappa shape index (κ3) is 7.55. The fraction of sp³-hybridized carbons (Fsp3) is 0.317. The molecule has 1 saturated carbocycles. The van der Waals surface area contributed by atoms with Crippen molar-refractivity contribution in [3.8, 4) is 33.2 Å². The average Bonchev–Trinajstić information content (AvgIpc) is 3.57. The zero-order chi connectivity index (χ0) is 36.6. The number of methoxy groups -OCH3 is 1. The smallest absolute Gasteiger partial charge is 0.339 e. The molecule has 0 aliphatic heterocycles. The number of fused-ring (bicyclic) bond motifs is 2. The molecule has 1 aliphatic rings. The van der Waals surface area contributed by atoms with E-state index in [1.54, 1.807) is 6.20 Å². The van der Waals surface area contributed by atoms with Crippen LogP contribution in [-0.4, -0.2) is 44.5 Å². The van der Waals surface area contributed by atoms with Gasteiger partial charge in [-0.1, -0.05) is 43.0 Å². The molecule has 0 spiro atoms. The van der Waals surface area contributed by atoms with Crippen LogP contribution in [0.15, 0.2) is 72.9 Å². The summed E-state index contributed by atoms with van der Waals surface area (Å²) in [5.41, 5.74) is 5.69. The quantitative estimate of drug-likeness (QED) is 0.154. The number of nitrogens with zero attached hydrogens (tertiary/aromatic N) is 4. The van der Waals surface area contributed by atoms with E-state index >= 15 is 0 Å². The molecule has 266 valence electrons. The van der Waals surface area contributed by atoms with Gasteiger partial charge in [-0.2, -0.15) is 0 Å². The molecule has 1 fully saturated rings. The summed E-state index contributed by atoms with van der Waals surface area (Å²) in [6, 6.07) is 21.0. The van der Waals surface area contributed by atoms with Crippen LogP contribution in [0.5, 0.6) is 0 Å². The van der Waals surface area contributed by atoms with Gasteiger partial charge in [0.2, 0.25) is 5.91 Å². The maximum Gasteiger partial charge on any atom is 0.339 e. The zero-order valence-electron chi connectivity index (χ0n) is 29.8. The summed E-state index contributed by atoms with van der Waals surface area (Å²) in [4.78, 5) is 45.4. The first kappa shape index (κ1) is 35.6. The maximum absolute atomic E-state index is 13.3. The van der Waals surface area contributed by atoms with Crippen LogP contribution in [-0.2, 0) is 19.1 Å². The van der Waals surface area contributed by atoms with Gasteiger partial charge in [-0.3, -0.25) is 4.79 Å². The Bertz CT molecular complexity index is 2290. The van der Waals surface area contributed by atoms with Gasteiger partial charge in [-0.25, -0.2) is 24.7 Å². The molecule has 1 amide bonds. The summed E-state index contributed by atoms with van der Waals surface area (Å²) in [5.74, 6) is 0.736. The molecule has 6 aromatic rings. The highest BCUT2D eigenvalue weighted by molar-refractivity contribution is 7.22. The van der Waals surface area contributed by atoms with Gasteiger partial charge in [-0.15, -0.1) is 11.3 Å². The van der Waals surface area contributed by atoms with Crippen LogP contribution in [0, 0.1) is 12.8 Å². The number of carbonyl (C=O) groups excluding carboxylic acids is 2. The number of anilines is 1. The minimum absolute atomic E-state index is 0.0522. The van der Waals surface area contributed by atoms with E-state index < -0.39 is 17.7 Å². The highest BCUT2D eigenvalue weighted by Gasteiger charge is 2.33. The minimum atomic E-state index is -0.970. The molecule has 3 heterocycles. The Morgan fingerprint density at radius 1 is 0.904 bits per heavy atom. The Morgan fingerprint density at radius 2 is 1.65 bits per heavy atom. The zero-order valence-corrected chi connectivity index (χ0v) is 31.4. The first-order valence-electron chi connectivity index (χ1n) is 17.5. The average molecular weight is 734 g/mol. The molecule has 1 atom stereocenters. The summed E-state index contributed by atoms with van der Waals surface area (Å²) < 4.78 is 12.5. The summed E-state index contributed by atoms with van der Waals surface area (Å²) in [6.45, 7) is 7.70. The summed E-state index contributed by atoms with van der Waals surface area (Å²) >= 11 is 7.79. The first-order chi connectivity index (χ1) is 25.0. The number of hydrogen-bond donors (Lipinski definition) is 1. The Morgan fingerprint density at radius 3 is 2.38 bits per heavy atom. The van der Waals surface area contributed by atoms with E-state index in [0.717, 1.165) is 74.6 Å². The van der Waals surface area contributed by atoms with E-state index in [1.165, 1.54) is 24.9 Å². The van der Waals surface area contributed by atoms with Crippen molar-refractivity contribution in [3.63, 3.8) is 0 Å². The topological polar surface area (TPSA) is 116 Å². The Labute approximate surface area is 311 Å². The molecule has 0 radical (unpaired) electrons. The van der Waals surface area contributed by atoms with Gasteiger partial charge in [0.15, 0.2) is 11.9 Å². The van der Waals surface area contributed by atoms with Crippen molar-refractivity contribution in [2.24, 2.45) is 5.92 Å². The third-order valence-corrected chi connectivity index (χ3v) is 10.6. The number of benzene rings is 3. The van der Waals surface area contributed by atoms with Crippen LogP contribution in [0.2, 0.25) is 5.02 Å². The molecular formula is C41H40ClN5O4S. The van der Waals surface area contributed by atoms with Crippen LogP contribution in [0.25, 0.3) is 54.3 Å². The van der Waals surface area contributed by atoms with Crippen molar-refractivity contribution >= 4 is 61.8 Å². The monoisotopic (exact) mass is 733 g/mol. The number of thiazole rings is 1. The molecule has 1 unspecified atom stereocenters. The molecule has 3 aromatic heterocycles. The van der Waals surface area contributed by atoms with E-state index in [1.807, 2.05) is 94.4 Å². The Kier molecular flexibility index (Phi) is 10.1. The summed E-state index contributed by atoms with van der Waals surface area (Å²) in [6.07, 6.45) is 6.04. The Balaban J connectivity index is 1.25. The second kappa shape index (κ2) is 14.7. The molecule has 7 rings (SSSR count). The number of ether oxygens (including phenoxy) is 2. The highest BCUT2D eigenvalue weighted by atomic mass is 35.5. The lowest BCUT2D eigenvalue weighted by molar-refractivity contribution is -0.164. The van der Waals surface area contributed by atoms with Crippen molar-refractivity contribution in [2.75, 3.05) is 12.4 Å². The minimum Gasteiger partial charge on any atom is -0.467 e. The predicted molar refractivity (Wildman–Crippen MR) is 207 cm³/mol. The van der Waals surface area contributed by atoms with Crippen molar-refractivity contribution in [1.82, 2.24) is 19.9 Å². The lowest BCUT2D eigenvalue weighted by Crippen LogP contribution is -2.29. The molecule has 0 saturated heterocycles. The van der Waals surface area contributed by atoms with Gasteiger partial charge in [0.25, 0.3) is 0 Å². The summed E-state index contributed by atoms with van der Waals surface area (Å²) in [5, 5.41) is 5.24. The normalized spacial score (nSPS) is 14.4. The lowest BCUT2D eigenvalue weighted by atomic mass is 9.89. The van der Waals surface area contributed by atoms with Crippen molar-refractivity contribution in [3.05, 3.63) is 89.1 Å². The fourth-order valence-electron chi connectivity index (χ4n) is 6.79. The fourth-order valence-corrected chi connectivity index (χ4v) is 8.01. The number of rotatable bonds is 8. The van der Waals surface area contributed by atoms with Crippen LogP contribution in [0.4, 0.5) is 5.82 Å². The number of nitrogens with one attached hydrogen (secondary N) is 1. The van der Waals surface area contributed by atoms with Crippen molar-refractivity contribution in [2.45, 2.75) is 71.5 Å². The number of carbonyl (C=O) groups is 2. The van der Waals surface area contributed by atoms with E-state index in [9.17, 15) is 9.59 Å². The Hall–Kier alpha value is -4.77. The van der Waals surface area contributed by atoms with E-state index in [0.29, 0.717) is 27.4 Å². The van der Waals surface area contributed by atoms with Gasteiger partial charge < -0.3 is 14.8 Å². The maximum atomic E-state index is 13.3. The van der Waals surface area contributed by atoms with Gasteiger partial charge in [-0.05, 0) is 106 Å². The number of aromatic nitrogens is 4. The molecule has 1 aliphatic carbocycles. The van der Waals surface area contributed by atoms with Gasteiger partial charge in [0, 0.05) is 39.2 Å². The molecule has 1 N–H and O–H groups in total. The molecule has 3 aromatic carbocycles. The molecule has 0 bridgehead atoms. The second-order valence-corrected chi connectivity index (χ2v) is 15.6. The first-order valence-corrected chi connectivity index (χ1v) is 18.7. The third-order valence-electron chi connectivity index (χ3n) is 9.26. The molecule has 9 nitrogen and oxygen atoms in total. The number of pyridine rings is 1. The standard InChI is InChI=1S/C41H40ClN5O4S/c1-23-21-31-36(34(24-11-15-28(42)16-12-24)33(23)35(40(49)50-5)51-41(2,3)4)52-39(46-31)30-19-20-43-37(45-30)27-13-17-29-26(22-27)14-18-32(44-29)47-38(48)25-9-7-6-8-10-25/h11-22,25,35H,6-10H2,1-5H3,(H,44,47,48). The number of aryl methyl sites for hydroxylation is 1. The molecule has 52 heavy (non-hydrogen) atoms.